The molecule has 2 heterocycles. The van der Waals surface area contributed by atoms with Crippen molar-refractivity contribution in [3.63, 3.8) is 0 Å². The number of hydrogen-bond acceptors (Lipinski definition) is 4. The third-order valence-electron chi connectivity index (χ3n) is 3.81. The number of methoxy groups -OCH3 is 1. The van der Waals surface area contributed by atoms with Crippen LogP contribution in [-0.4, -0.2) is 33.2 Å². The van der Waals surface area contributed by atoms with Crippen molar-refractivity contribution in [3.8, 4) is 11.4 Å². The molecular weight excluding hydrogens is 288 g/mol. The minimum absolute atomic E-state index is 0.597. The molecule has 0 atom stereocenters. The summed E-state index contributed by atoms with van der Waals surface area (Å²) in [4.78, 5) is 14.1. The number of para-hydroxylation sites is 2. The highest BCUT2D eigenvalue weighted by molar-refractivity contribution is 5.84. The van der Waals surface area contributed by atoms with Crippen LogP contribution in [0, 0.1) is 0 Å². The lowest BCUT2D eigenvalue weighted by Crippen LogP contribution is -2.07. The van der Waals surface area contributed by atoms with Crippen LogP contribution in [0.4, 0.5) is 0 Å². The summed E-state index contributed by atoms with van der Waals surface area (Å²) >= 11 is 0. The molecule has 0 aliphatic rings. The van der Waals surface area contributed by atoms with Crippen LogP contribution in [0.3, 0.4) is 0 Å². The summed E-state index contributed by atoms with van der Waals surface area (Å²) in [6.07, 6.45) is 0. The Bertz CT molecular complexity index is 963. The van der Waals surface area contributed by atoms with E-state index in [0.29, 0.717) is 18.8 Å². The molecular formula is C18H16N4O. The molecule has 2 aromatic heterocycles. The molecule has 0 saturated heterocycles. The van der Waals surface area contributed by atoms with Gasteiger partial charge in [0.2, 0.25) is 0 Å². The number of rotatable bonds is 4. The second-order valence-electron chi connectivity index (χ2n) is 5.31. The van der Waals surface area contributed by atoms with E-state index in [1.807, 2.05) is 54.6 Å². The molecule has 23 heavy (non-hydrogen) atoms. The van der Waals surface area contributed by atoms with E-state index in [9.17, 15) is 0 Å². The van der Waals surface area contributed by atoms with Crippen LogP contribution in [0.25, 0.3) is 33.7 Å². The Balaban J connectivity index is 1.99. The maximum absolute atomic E-state index is 5.25. The molecule has 0 amide bonds. The van der Waals surface area contributed by atoms with Gasteiger partial charge in [-0.1, -0.05) is 42.5 Å². The number of fused-ring (bicyclic) bond motifs is 2. The summed E-state index contributed by atoms with van der Waals surface area (Å²) in [6, 6.07) is 18.0. The van der Waals surface area contributed by atoms with E-state index in [-0.39, 0.29) is 0 Å². The van der Waals surface area contributed by atoms with Crippen molar-refractivity contribution in [1.82, 2.24) is 19.5 Å². The van der Waals surface area contributed by atoms with Crippen LogP contribution in [0.15, 0.2) is 54.6 Å². The fourth-order valence-corrected chi connectivity index (χ4v) is 2.70. The molecule has 0 aliphatic heterocycles. The van der Waals surface area contributed by atoms with Gasteiger partial charge in [0.05, 0.1) is 17.6 Å². The Morgan fingerprint density at radius 1 is 0.870 bits per heavy atom. The molecule has 5 nitrogen and oxygen atoms in total. The molecule has 4 aromatic rings. The highest BCUT2D eigenvalue weighted by Crippen LogP contribution is 2.24. The van der Waals surface area contributed by atoms with Crippen LogP contribution in [0.5, 0.6) is 0 Å². The monoisotopic (exact) mass is 304 g/mol. The second-order valence-corrected chi connectivity index (χ2v) is 5.31. The number of nitrogens with zero attached hydrogens (tertiary/aromatic N) is 4. The van der Waals surface area contributed by atoms with Gasteiger partial charge in [0.15, 0.2) is 11.3 Å². The molecule has 4 rings (SSSR count). The molecule has 0 saturated carbocycles. The Kier molecular flexibility index (Phi) is 3.48. The van der Waals surface area contributed by atoms with Crippen molar-refractivity contribution < 1.29 is 4.74 Å². The van der Waals surface area contributed by atoms with Gasteiger partial charge in [-0.25, -0.2) is 15.0 Å². The van der Waals surface area contributed by atoms with Gasteiger partial charge in [-0.15, -0.1) is 0 Å². The van der Waals surface area contributed by atoms with E-state index >= 15 is 0 Å². The molecule has 0 radical (unpaired) electrons. The maximum atomic E-state index is 5.25. The van der Waals surface area contributed by atoms with Gasteiger partial charge in [-0.3, -0.25) is 0 Å². The van der Waals surface area contributed by atoms with Crippen molar-refractivity contribution in [2.75, 3.05) is 13.7 Å². The summed E-state index contributed by atoms with van der Waals surface area (Å²) in [7, 11) is 1.70. The average molecular weight is 304 g/mol. The number of hydrogen-bond donors (Lipinski definition) is 0. The van der Waals surface area contributed by atoms with E-state index in [4.69, 9.17) is 14.7 Å². The smallest absolute Gasteiger partial charge is 0.198 e. The lowest BCUT2D eigenvalue weighted by atomic mass is 10.2. The van der Waals surface area contributed by atoms with Gasteiger partial charge in [-0.2, -0.15) is 0 Å². The number of aromatic nitrogens is 4. The van der Waals surface area contributed by atoms with Crippen molar-refractivity contribution in [1.29, 1.82) is 0 Å². The predicted octanol–water partition coefficient (Wildman–Crippen LogP) is 3.29. The molecule has 5 heteroatoms. The first-order valence-electron chi connectivity index (χ1n) is 7.54. The van der Waals surface area contributed by atoms with Gasteiger partial charge in [-0.05, 0) is 12.1 Å². The largest absolute Gasteiger partial charge is 0.383 e. The van der Waals surface area contributed by atoms with Gasteiger partial charge in [0, 0.05) is 19.2 Å². The van der Waals surface area contributed by atoms with Crippen LogP contribution in [0.2, 0.25) is 0 Å². The third kappa shape index (κ3) is 2.45. The fourth-order valence-electron chi connectivity index (χ4n) is 2.70. The van der Waals surface area contributed by atoms with E-state index < -0.39 is 0 Å². The van der Waals surface area contributed by atoms with Gasteiger partial charge in [0.25, 0.3) is 0 Å². The SMILES string of the molecule is COCCn1c(-c2ccccc2)nc2nc3ccccc3nc21. The van der Waals surface area contributed by atoms with Crippen LogP contribution in [0.1, 0.15) is 0 Å². The summed E-state index contributed by atoms with van der Waals surface area (Å²) in [5.74, 6) is 0.868. The molecule has 0 N–H and O–H groups in total. The Morgan fingerprint density at radius 3 is 2.30 bits per heavy atom. The summed E-state index contributed by atoms with van der Waals surface area (Å²) in [5.41, 5.74) is 4.24. The maximum Gasteiger partial charge on any atom is 0.198 e. The summed E-state index contributed by atoms with van der Waals surface area (Å²) < 4.78 is 7.32. The zero-order valence-corrected chi connectivity index (χ0v) is 12.8. The predicted molar refractivity (Wildman–Crippen MR) is 90.1 cm³/mol. The lowest BCUT2D eigenvalue weighted by molar-refractivity contribution is 0.188. The van der Waals surface area contributed by atoms with Gasteiger partial charge >= 0.3 is 0 Å². The molecule has 0 fully saturated rings. The van der Waals surface area contributed by atoms with Gasteiger partial charge in [0.1, 0.15) is 5.82 Å². The van der Waals surface area contributed by atoms with Gasteiger partial charge < -0.3 is 9.30 Å². The first-order valence-corrected chi connectivity index (χ1v) is 7.54. The van der Waals surface area contributed by atoms with Crippen LogP contribution >= 0.6 is 0 Å². The van der Waals surface area contributed by atoms with Crippen LogP contribution < -0.4 is 0 Å². The highest BCUT2D eigenvalue weighted by atomic mass is 16.5. The van der Waals surface area contributed by atoms with Crippen LogP contribution in [-0.2, 0) is 11.3 Å². The molecule has 0 spiro atoms. The van der Waals surface area contributed by atoms with Crippen molar-refractivity contribution in [3.05, 3.63) is 54.6 Å². The molecule has 0 aliphatic carbocycles. The van der Waals surface area contributed by atoms with Crippen molar-refractivity contribution in [2.45, 2.75) is 6.54 Å². The lowest BCUT2D eigenvalue weighted by Gasteiger charge is -2.08. The zero-order chi connectivity index (χ0) is 15.6. The highest BCUT2D eigenvalue weighted by Gasteiger charge is 2.15. The van der Waals surface area contributed by atoms with E-state index in [1.165, 1.54) is 0 Å². The standard InChI is InChI=1S/C18H16N4O/c1-23-12-11-22-17(13-7-3-2-4-8-13)21-16-18(22)20-15-10-6-5-9-14(15)19-16/h2-10H,11-12H2,1H3. The first kappa shape index (κ1) is 13.8. The summed E-state index contributed by atoms with van der Waals surface area (Å²) in [6.45, 7) is 1.28. The number of imidazole rings is 1. The van der Waals surface area contributed by atoms with Crippen molar-refractivity contribution in [2.24, 2.45) is 0 Å². The molecule has 0 bridgehead atoms. The minimum atomic E-state index is 0.597. The summed E-state index contributed by atoms with van der Waals surface area (Å²) in [5, 5.41) is 0. The molecule has 0 unspecified atom stereocenters. The van der Waals surface area contributed by atoms with E-state index in [2.05, 4.69) is 9.55 Å². The Hall–Kier alpha value is -2.79. The molecule has 114 valence electrons. The third-order valence-corrected chi connectivity index (χ3v) is 3.81. The molecule has 2 aromatic carbocycles. The topological polar surface area (TPSA) is 52.8 Å². The number of ether oxygens (including phenoxy) is 1. The van der Waals surface area contributed by atoms with E-state index in [0.717, 1.165) is 28.1 Å². The second kappa shape index (κ2) is 5.78. The normalized spacial score (nSPS) is 11.3. The van der Waals surface area contributed by atoms with E-state index in [1.54, 1.807) is 7.11 Å². The quantitative estimate of drug-likeness (QED) is 0.580. The minimum Gasteiger partial charge on any atom is -0.383 e. The Labute approximate surface area is 133 Å². The average Bonchev–Trinajstić information content (AvgIpc) is 2.96. The number of benzene rings is 2. The zero-order valence-electron chi connectivity index (χ0n) is 12.8. The first-order chi connectivity index (χ1) is 11.4. The Morgan fingerprint density at radius 2 is 1.57 bits per heavy atom. The van der Waals surface area contributed by atoms with Crippen molar-refractivity contribution >= 4 is 22.3 Å². The fraction of sp³-hybridized carbons (Fsp3) is 0.167.